The molecule has 3 N–H and O–H groups in total. The van der Waals surface area contributed by atoms with E-state index < -0.39 is 9.92 Å². The van der Waals surface area contributed by atoms with Crippen molar-refractivity contribution in [3.8, 4) is 0 Å². The van der Waals surface area contributed by atoms with E-state index in [1.165, 1.54) is 0 Å². The zero-order chi connectivity index (χ0) is 8.48. The van der Waals surface area contributed by atoms with Gasteiger partial charge in [0.2, 0.25) is 0 Å². The molecule has 0 bridgehead atoms. The number of rotatable bonds is 1. The second kappa shape index (κ2) is 2.92. The third kappa shape index (κ3) is 2.02. The second-order valence-electron chi connectivity index (χ2n) is 2.03. The normalized spacial score (nSPS) is 15.8. The zero-order valence-corrected chi connectivity index (χ0v) is 7.98. The highest BCUT2D eigenvalue weighted by Gasteiger charge is 2.06. The fourth-order valence-corrected chi connectivity index (χ4v) is 2.34. The summed E-state index contributed by atoms with van der Waals surface area (Å²) >= 11 is 3.15. The monoisotopic (exact) mass is 234 g/mol. The van der Waals surface area contributed by atoms with E-state index in [4.69, 9.17) is 9.92 Å². The van der Waals surface area contributed by atoms with Crippen LogP contribution in [0.15, 0.2) is 33.6 Å². The third-order valence-electron chi connectivity index (χ3n) is 1.16. The summed E-state index contributed by atoms with van der Waals surface area (Å²) in [6.07, 6.45) is 0. The number of benzene rings is 1. The van der Waals surface area contributed by atoms with Crippen LogP contribution in [0.1, 0.15) is 0 Å². The fraction of sp³-hybridized carbons (Fsp3) is 0. The maximum Gasteiger partial charge on any atom is 0.133 e. The second-order valence-corrected chi connectivity index (χ2v) is 4.53. The minimum absolute atomic E-state index is 0.333. The van der Waals surface area contributed by atoms with Gasteiger partial charge in [-0.15, -0.1) is 0 Å². The van der Waals surface area contributed by atoms with Crippen LogP contribution >= 0.6 is 15.9 Å². The molecule has 0 saturated heterocycles. The predicted molar refractivity (Wildman–Crippen MR) is 47.5 cm³/mol. The van der Waals surface area contributed by atoms with Crippen LogP contribution < -0.4 is 5.14 Å². The van der Waals surface area contributed by atoms with Crippen LogP contribution in [-0.2, 0) is 9.92 Å². The van der Waals surface area contributed by atoms with Crippen molar-refractivity contribution in [3.05, 3.63) is 28.7 Å². The molecule has 5 heteroatoms. The Morgan fingerprint density at radius 2 is 2.00 bits per heavy atom. The van der Waals surface area contributed by atoms with E-state index in [-0.39, 0.29) is 0 Å². The van der Waals surface area contributed by atoms with Gasteiger partial charge in [0.05, 0.1) is 4.90 Å². The Hall–Kier alpha value is -0.390. The molecule has 3 nitrogen and oxygen atoms in total. The summed E-state index contributed by atoms with van der Waals surface area (Å²) in [7, 11) is -3.08. The molecule has 0 aromatic heterocycles. The molecule has 1 unspecified atom stereocenters. The van der Waals surface area contributed by atoms with E-state index in [2.05, 4.69) is 15.9 Å². The molecule has 1 atom stereocenters. The van der Waals surface area contributed by atoms with Crippen molar-refractivity contribution in [2.75, 3.05) is 0 Å². The Balaban J connectivity index is 3.37. The average molecular weight is 235 g/mol. The van der Waals surface area contributed by atoms with Gasteiger partial charge >= 0.3 is 0 Å². The summed E-state index contributed by atoms with van der Waals surface area (Å²) < 4.78 is 18.7. The first kappa shape index (κ1) is 8.70. The molecule has 60 valence electrons. The number of hydrogen-bond acceptors (Lipinski definition) is 2. The molecule has 0 aliphatic carbocycles. The lowest BCUT2D eigenvalue weighted by molar-refractivity contribution is 0.675. The Kier molecular flexibility index (Phi) is 2.31. The molecule has 0 heterocycles. The van der Waals surface area contributed by atoms with Crippen LogP contribution in [0.4, 0.5) is 0 Å². The smallest absolute Gasteiger partial charge is 0.133 e. The topological polar surface area (TPSA) is 66.9 Å². The Bertz CT molecular complexity index is 361. The summed E-state index contributed by atoms with van der Waals surface area (Å²) in [6.45, 7) is 0. The van der Waals surface area contributed by atoms with Gasteiger partial charge in [0, 0.05) is 4.47 Å². The zero-order valence-electron chi connectivity index (χ0n) is 5.58. The summed E-state index contributed by atoms with van der Waals surface area (Å²) in [5.74, 6) is 0. The molecule has 1 aromatic rings. The molecule has 0 aliphatic rings. The Morgan fingerprint density at radius 1 is 1.45 bits per heavy atom. The summed E-state index contributed by atoms with van der Waals surface area (Å²) in [4.78, 5) is 0.333. The highest BCUT2D eigenvalue weighted by molar-refractivity contribution is 9.10. The summed E-state index contributed by atoms with van der Waals surface area (Å²) in [5, 5.41) is 5.12. The van der Waals surface area contributed by atoms with Crippen molar-refractivity contribution in [1.82, 2.24) is 0 Å². The van der Waals surface area contributed by atoms with Crippen molar-refractivity contribution in [2.45, 2.75) is 4.90 Å². The van der Waals surface area contributed by atoms with Crippen LogP contribution in [0.3, 0.4) is 0 Å². The molecule has 0 amide bonds. The molecule has 1 rings (SSSR count). The van der Waals surface area contributed by atoms with E-state index in [0.29, 0.717) is 9.37 Å². The van der Waals surface area contributed by atoms with Gasteiger partial charge in [-0.3, -0.25) is 0 Å². The molecule has 1 aromatic carbocycles. The lowest BCUT2D eigenvalue weighted by Gasteiger charge is -2.01. The van der Waals surface area contributed by atoms with Crippen LogP contribution in [0.5, 0.6) is 0 Å². The number of nitrogens with two attached hydrogens (primary N) is 1. The average Bonchev–Trinajstić information content (AvgIpc) is 1.86. The minimum Gasteiger partial charge on any atom is -0.241 e. The van der Waals surface area contributed by atoms with E-state index in [1.54, 1.807) is 24.3 Å². The lowest BCUT2D eigenvalue weighted by Crippen LogP contribution is -2.10. The molecule has 0 aliphatic heterocycles. The Morgan fingerprint density at radius 3 is 2.36 bits per heavy atom. The van der Waals surface area contributed by atoms with E-state index in [9.17, 15) is 4.21 Å². The van der Waals surface area contributed by atoms with Gasteiger partial charge < -0.3 is 0 Å². The van der Waals surface area contributed by atoms with Crippen LogP contribution in [0.2, 0.25) is 0 Å². The number of hydrogen-bond donors (Lipinski definition) is 2. The number of halogens is 1. The van der Waals surface area contributed by atoms with Gasteiger partial charge in [0.25, 0.3) is 0 Å². The van der Waals surface area contributed by atoms with Gasteiger partial charge in [-0.05, 0) is 28.1 Å². The first-order valence-electron chi connectivity index (χ1n) is 2.83. The van der Waals surface area contributed by atoms with Gasteiger partial charge in [-0.25, -0.2) is 14.1 Å². The fourth-order valence-electron chi connectivity index (χ4n) is 0.691. The van der Waals surface area contributed by atoms with Crippen LogP contribution in [-0.4, -0.2) is 4.21 Å². The van der Waals surface area contributed by atoms with Crippen LogP contribution in [0, 0.1) is 4.78 Å². The van der Waals surface area contributed by atoms with Gasteiger partial charge in [-0.1, -0.05) is 12.1 Å². The molecular weight excluding hydrogens is 228 g/mol. The van der Waals surface area contributed by atoms with Gasteiger partial charge in [0.1, 0.15) is 9.92 Å². The maximum atomic E-state index is 11.0. The molecule has 0 fully saturated rings. The summed E-state index contributed by atoms with van der Waals surface area (Å²) in [6, 6.07) is 6.75. The molecule has 0 saturated carbocycles. The van der Waals surface area contributed by atoms with E-state index >= 15 is 0 Å². The van der Waals surface area contributed by atoms with Gasteiger partial charge in [-0.2, -0.15) is 0 Å². The largest absolute Gasteiger partial charge is 0.241 e. The Labute approximate surface area is 73.8 Å². The molecule has 11 heavy (non-hydrogen) atoms. The number of nitrogens with one attached hydrogen (secondary N) is 1. The van der Waals surface area contributed by atoms with Crippen molar-refractivity contribution < 1.29 is 4.21 Å². The standard InChI is InChI=1S/C6H7BrN2OS/c7-5-3-1-2-4-6(5)11(8,9)10/h1-4H,(H3,8,9,10). The maximum absolute atomic E-state index is 11.0. The first-order valence-corrected chi connectivity index (χ1v) is 5.24. The molecule has 0 spiro atoms. The van der Waals surface area contributed by atoms with Crippen molar-refractivity contribution >= 4 is 25.8 Å². The van der Waals surface area contributed by atoms with Crippen molar-refractivity contribution in [2.24, 2.45) is 5.14 Å². The lowest BCUT2D eigenvalue weighted by atomic mass is 10.4. The van der Waals surface area contributed by atoms with Crippen LogP contribution in [0.25, 0.3) is 0 Å². The van der Waals surface area contributed by atoms with Crippen molar-refractivity contribution in [3.63, 3.8) is 0 Å². The molecular formula is C6H7BrN2OS. The highest BCUT2D eigenvalue weighted by Crippen LogP contribution is 2.19. The molecule has 0 radical (unpaired) electrons. The highest BCUT2D eigenvalue weighted by atomic mass is 79.9. The van der Waals surface area contributed by atoms with E-state index in [1.807, 2.05) is 0 Å². The summed E-state index contributed by atoms with van der Waals surface area (Å²) in [5.41, 5.74) is 0. The first-order chi connectivity index (χ1) is 5.02. The SMILES string of the molecule is N=S(N)(=O)c1ccccc1Br. The van der Waals surface area contributed by atoms with Crippen molar-refractivity contribution in [1.29, 1.82) is 4.78 Å². The quantitative estimate of drug-likeness (QED) is 0.764. The minimum atomic E-state index is -3.08. The predicted octanol–water partition coefficient (Wildman–Crippen LogP) is 1.73. The van der Waals surface area contributed by atoms with Gasteiger partial charge in [0.15, 0.2) is 0 Å². The van der Waals surface area contributed by atoms with E-state index in [0.717, 1.165) is 0 Å². The third-order valence-corrected chi connectivity index (χ3v) is 3.13.